The first kappa shape index (κ1) is 84.1. The molecule has 0 radical (unpaired) electrons. The van der Waals surface area contributed by atoms with Gasteiger partial charge in [0, 0.05) is 234 Å². The molecular weight excluding hydrogens is 1670 g/mol. The van der Waals surface area contributed by atoms with E-state index in [0.29, 0.717) is 203 Å². The number of amides is 8. The molecular formula is C104H92N12O16. The van der Waals surface area contributed by atoms with Gasteiger partial charge < -0.3 is 74.4 Å². The molecule has 8 aliphatic heterocycles. The average molecular weight is 1770 g/mol. The van der Waals surface area contributed by atoms with E-state index in [2.05, 4.69) is 57.8 Å². The van der Waals surface area contributed by atoms with Crippen molar-refractivity contribution in [3.63, 3.8) is 0 Å². The molecule has 0 saturated heterocycles. The molecule has 8 amide bonds. The molecule has 0 unspecified atom stereocenters. The zero-order chi connectivity index (χ0) is 89.5. The molecule has 0 atom stereocenters. The minimum atomic E-state index is -0.365. The van der Waals surface area contributed by atoms with Crippen LogP contribution in [0, 0.1) is 0 Å². The Morgan fingerprint density at radius 2 is 0.273 bits per heavy atom. The Morgan fingerprint density at radius 3 is 0.394 bits per heavy atom. The van der Waals surface area contributed by atoms with Crippen molar-refractivity contribution in [1.29, 1.82) is 0 Å². The van der Waals surface area contributed by atoms with Crippen LogP contribution >= 0.6 is 0 Å². The monoisotopic (exact) mass is 1760 g/mol. The third kappa shape index (κ3) is 15.7. The zero-order valence-corrected chi connectivity index (χ0v) is 72.2. The lowest BCUT2D eigenvalue weighted by Gasteiger charge is -2.09. The van der Waals surface area contributed by atoms with Crippen molar-refractivity contribution in [3.8, 4) is 0 Å². The number of benzene rings is 8. The Morgan fingerprint density at radius 1 is 0.159 bits per heavy atom. The summed E-state index contributed by atoms with van der Waals surface area (Å²) >= 11 is 0. The van der Waals surface area contributed by atoms with Crippen LogP contribution in [0.1, 0.15) is 44.5 Å². The summed E-state index contributed by atoms with van der Waals surface area (Å²) in [7, 11) is 0. The number of para-hydroxylation sites is 8. The minimum Gasteiger partial charge on any atom is -0.377 e. The summed E-state index contributed by atoms with van der Waals surface area (Å²) in [6.45, 7) is 13.5. The van der Waals surface area contributed by atoms with Gasteiger partial charge in [0.05, 0.1) is 150 Å². The highest BCUT2D eigenvalue weighted by Crippen LogP contribution is 2.45. The SMILES string of the molecule is O=C1NC(=O)C2=C1c1cn(c3ccccc13)CCOCCOCCn1cc2c2ccccc21.O=C1NC(=O)C2=C1c1cn(c3ccccc13)CCOCCOCCn1cc2c2ccccc21.O=C1NC(=O)C2=C1c1cn(c3ccccc13)CCOCCOCCn1cc2c2ccccc21.O=C1NC(=O)C2=C1c1cn(c3ccccc13)CCOCCOCCn1cc2c2ccccc21. The zero-order valence-electron chi connectivity index (χ0n) is 72.2. The van der Waals surface area contributed by atoms with Crippen LogP contribution in [0.3, 0.4) is 0 Å². The molecule has 28 nitrogen and oxygen atoms in total. The third-order valence-corrected chi connectivity index (χ3v) is 25.5. The molecule has 16 bridgehead atoms. The van der Waals surface area contributed by atoms with Crippen LogP contribution in [-0.4, -0.2) is 190 Å². The van der Waals surface area contributed by atoms with Gasteiger partial charge in [-0.1, -0.05) is 146 Å². The minimum absolute atomic E-state index is 0.365. The molecule has 8 aromatic heterocycles. The summed E-state index contributed by atoms with van der Waals surface area (Å²) < 4.78 is 62.9. The fourth-order valence-corrected chi connectivity index (χ4v) is 19.5. The first-order valence-electron chi connectivity index (χ1n) is 44.6. The average Bonchev–Trinajstić information content (AvgIpc) is 1.59. The van der Waals surface area contributed by atoms with Gasteiger partial charge in [0.25, 0.3) is 47.3 Å². The van der Waals surface area contributed by atoms with E-state index in [-0.39, 0.29) is 47.3 Å². The van der Waals surface area contributed by atoms with Crippen molar-refractivity contribution in [3.05, 3.63) is 288 Å². The van der Waals surface area contributed by atoms with Crippen LogP contribution in [0.5, 0.6) is 0 Å². The molecule has 8 aromatic carbocycles. The standard InChI is InChI=1S/4C26H23N3O4/c4*30-25-23-19-15-28(21-7-3-1-5-17(19)21)9-11-32-13-14-33-12-10-29-16-20(24(23)26(31)27-25)18-6-2-4-8-22(18)29/h4*1-8,15-16H,9-14H2,(H,27,30,31). The third-order valence-electron chi connectivity index (χ3n) is 25.5. The Labute approximate surface area is 755 Å². The fraction of sp³-hybridized carbons (Fsp3) is 0.231. The van der Waals surface area contributed by atoms with Crippen LogP contribution < -0.4 is 21.3 Å². The lowest BCUT2D eigenvalue weighted by molar-refractivity contribution is -0.124. The predicted molar refractivity (Wildman–Crippen MR) is 502 cm³/mol. The molecule has 0 saturated carbocycles. The number of rotatable bonds is 0. The molecule has 16 heterocycles. The largest absolute Gasteiger partial charge is 0.377 e. The highest BCUT2D eigenvalue weighted by atomic mass is 16.5. The highest BCUT2D eigenvalue weighted by Gasteiger charge is 2.41. The highest BCUT2D eigenvalue weighted by molar-refractivity contribution is 6.54. The Kier molecular flexibility index (Phi) is 23.4. The molecule has 664 valence electrons. The summed E-state index contributed by atoms with van der Waals surface area (Å²) in [6, 6.07) is 63.6. The summed E-state index contributed by atoms with van der Waals surface area (Å²) in [4.78, 5) is 105. The van der Waals surface area contributed by atoms with Crippen molar-refractivity contribution in [2.45, 2.75) is 52.4 Å². The smallest absolute Gasteiger partial charge is 0.259 e. The van der Waals surface area contributed by atoms with Gasteiger partial charge in [0.15, 0.2) is 0 Å². The van der Waals surface area contributed by atoms with Gasteiger partial charge in [-0.2, -0.15) is 0 Å². The van der Waals surface area contributed by atoms with Gasteiger partial charge >= 0.3 is 0 Å². The first-order chi connectivity index (χ1) is 64.9. The second-order valence-electron chi connectivity index (χ2n) is 33.1. The first-order valence-corrected chi connectivity index (χ1v) is 44.6. The van der Waals surface area contributed by atoms with Gasteiger partial charge in [0.2, 0.25) is 0 Å². The van der Waals surface area contributed by atoms with E-state index in [1.54, 1.807) is 0 Å². The van der Waals surface area contributed by atoms with E-state index >= 15 is 0 Å². The number of nitrogens with zero attached hydrogens (tertiary/aromatic N) is 8. The molecule has 24 rings (SSSR count). The van der Waals surface area contributed by atoms with Crippen molar-refractivity contribution in [2.24, 2.45) is 0 Å². The van der Waals surface area contributed by atoms with Crippen molar-refractivity contribution in [1.82, 2.24) is 57.8 Å². The maximum atomic E-state index is 13.1. The predicted octanol–water partition coefficient (Wildman–Crippen LogP) is 12.8. The molecule has 132 heavy (non-hydrogen) atoms. The van der Waals surface area contributed by atoms with Gasteiger partial charge in [-0.05, 0) is 48.5 Å². The number of aromatic nitrogens is 8. The van der Waals surface area contributed by atoms with E-state index in [4.69, 9.17) is 37.9 Å². The molecule has 16 aromatic rings. The van der Waals surface area contributed by atoms with Crippen molar-refractivity contribution < 1.29 is 76.3 Å². The van der Waals surface area contributed by atoms with Crippen LogP contribution in [0.25, 0.3) is 132 Å². The number of carbonyl (C=O) groups excluding carboxylic acids is 8. The van der Waals surface area contributed by atoms with Gasteiger partial charge in [-0.15, -0.1) is 0 Å². The van der Waals surface area contributed by atoms with Crippen LogP contribution in [0.2, 0.25) is 0 Å². The van der Waals surface area contributed by atoms with E-state index in [1.165, 1.54) is 0 Å². The van der Waals surface area contributed by atoms with E-state index in [1.807, 2.05) is 244 Å². The Balaban J connectivity index is 0.000000106. The topological polar surface area (TPSA) is 298 Å². The number of nitrogens with one attached hydrogen (secondary N) is 4. The Bertz CT molecular complexity index is 6220. The second-order valence-corrected chi connectivity index (χ2v) is 33.1. The van der Waals surface area contributed by atoms with Crippen molar-refractivity contribution in [2.75, 3.05) is 106 Å². The van der Waals surface area contributed by atoms with E-state index in [0.717, 1.165) is 132 Å². The Hall–Kier alpha value is -14.7. The lowest BCUT2D eigenvalue weighted by atomic mass is 9.95. The number of hydrogen-bond donors (Lipinski definition) is 4. The van der Waals surface area contributed by atoms with Crippen molar-refractivity contribution >= 4 is 179 Å². The summed E-state index contributed by atoms with van der Waals surface area (Å²) in [6.07, 6.45) is 15.7. The maximum absolute atomic E-state index is 13.1. The van der Waals surface area contributed by atoms with Gasteiger partial charge in [0.1, 0.15) is 0 Å². The normalized spacial score (nSPS) is 17.6. The van der Waals surface area contributed by atoms with Gasteiger partial charge in [-0.3, -0.25) is 59.6 Å². The summed E-state index contributed by atoms with van der Waals surface area (Å²) in [5.74, 6) is -2.92. The molecule has 0 fully saturated rings. The molecule has 8 aliphatic rings. The fourth-order valence-electron chi connectivity index (χ4n) is 19.5. The van der Waals surface area contributed by atoms with E-state index < -0.39 is 0 Å². The maximum Gasteiger partial charge on any atom is 0.259 e. The van der Waals surface area contributed by atoms with Crippen LogP contribution in [0.4, 0.5) is 0 Å². The molecule has 0 spiro atoms. The van der Waals surface area contributed by atoms with Crippen LogP contribution in [0.15, 0.2) is 244 Å². The number of hydrogen-bond acceptors (Lipinski definition) is 16. The number of imide groups is 4. The number of ether oxygens (including phenoxy) is 8. The summed E-state index contributed by atoms with van der Waals surface area (Å²) in [5, 5.41) is 17.6. The second kappa shape index (κ2) is 36.7. The lowest BCUT2D eigenvalue weighted by Crippen LogP contribution is -2.22. The molecule has 4 N–H and O–H groups in total. The molecule has 0 aliphatic carbocycles. The van der Waals surface area contributed by atoms with Gasteiger partial charge in [-0.25, -0.2) is 0 Å². The molecule has 28 heteroatoms. The quantitative estimate of drug-likeness (QED) is 0.103. The summed E-state index contributed by atoms with van der Waals surface area (Å²) in [5.41, 5.74) is 17.4. The van der Waals surface area contributed by atoms with E-state index in [9.17, 15) is 38.4 Å². The number of fused-ring (bicyclic) bond motifs is 48. The number of carbonyl (C=O) groups is 8. The van der Waals surface area contributed by atoms with Crippen LogP contribution in [-0.2, 0) is 129 Å².